The maximum absolute atomic E-state index is 13.2. The number of aliphatic carboxylic acids is 1. The number of carboxylic acid groups (broad SMARTS) is 1. The van der Waals surface area contributed by atoms with E-state index in [4.69, 9.17) is 23.7 Å². The molecule has 1 aliphatic heterocycles. The molecule has 0 aromatic rings. The van der Waals surface area contributed by atoms with Crippen molar-refractivity contribution in [2.75, 3.05) is 13.2 Å². The van der Waals surface area contributed by atoms with Crippen LogP contribution in [0.5, 0.6) is 0 Å². The molecule has 1 aliphatic rings. The van der Waals surface area contributed by atoms with Gasteiger partial charge < -0.3 is 39.0 Å². The fourth-order valence-electron chi connectivity index (χ4n) is 9.74. The average molecular weight is 1140 g/mol. The fourth-order valence-corrected chi connectivity index (χ4v) is 9.74. The van der Waals surface area contributed by atoms with E-state index in [0.717, 1.165) is 109 Å². The van der Waals surface area contributed by atoms with Crippen molar-refractivity contribution >= 4 is 23.9 Å². The van der Waals surface area contributed by atoms with Crippen molar-refractivity contribution in [2.45, 2.75) is 327 Å². The van der Waals surface area contributed by atoms with Crippen molar-refractivity contribution in [2.24, 2.45) is 0 Å². The van der Waals surface area contributed by atoms with Crippen molar-refractivity contribution in [3.05, 3.63) is 72.9 Å². The predicted octanol–water partition coefficient (Wildman–Crippen LogP) is 17.7. The highest BCUT2D eigenvalue weighted by Crippen LogP contribution is 2.27. The van der Waals surface area contributed by atoms with E-state index in [2.05, 4.69) is 93.7 Å². The normalized spacial score (nSPS) is 18.2. The van der Waals surface area contributed by atoms with Gasteiger partial charge in [0.15, 0.2) is 24.6 Å². The van der Waals surface area contributed by atoms with Gasteiger partial charge in [0.05, 0.1) is 6.61 Å². The van der Waals surface area contributed by atoms with E-state index in [-0.39, 0.29) is 25.9 Å². The molecule has 12 heteroatoms. The number of esters is 3. The van der Waals surface area contributed by atoms with Crippen LogP contribution in [0.25, 0.3) is 0 Å². The van der Waals surface area contributed by atoms with Crippen molar-refractivity contribution < 1.29 is 58.2 Å². The van der Waals surface area contributed by atoms with Crippen LogP contribution in [0.3, 0.4) is 0 Å². The summed E-state index contributed by atoms with van der Waals surface area (Å²) in [4.78, 5) is 51.3. The molecule has 0 bridgehead atoms. The Hall–Kier alpha value is -3.84. The summed E-state index contributed by atoms with van der Waals surface area (Å²) in [7, 11) is 0. The van der Waals surface area contributed by atoms with E-state index < -0.39 is 67.3 Å². The summed E-state index contributed by atoms with van der Waals surface area (Å²) in [5.41, 5.74) is 0. The number of hydrogen-bond donors (Lipinski definition) is 3. The van der Waals surface area contributed by atoms with Gasteiger partial charge in [-0.1, -0.05) is 254 Å². The van der Waals surface area contributed by atoms with E-state index in [9.17, 15) is 34.5 Å². The summed E-state index contributed by atoms with van der Waals surface area (Å²) < 4.78 is 28.5. The number of aliphatic hydroxyl groups is 2. The molecule has 1 saturated heterocycles. The Bertz CT molecular complexity index is 1680. The summed E-state index contributed by atoms with van der Waals surface area (Å²) in [6.45, 7) is 5.87. The van der Waals surface area contributed by atoms with E-state index >= 15 is 0 Å². The minimum absolute atomic E-state index is 0.0590. The van der Waals surface area contributed by atoms with E-state index in [1.807, 2.05) is 0 Å². The lowest BCUT2D eigenvalue weighted by Crippen LogP contribution is -2.61. The predicted molar refractivity (Wildman–Crippen MR) is 331 cm³/mol. The first-order chi connectivity index (χ1) is 39.6. The summed E-state index contributed by atoms with van der Waals surface area (Å²) in [5.74, 6) is -3.14. The molecule has 3 N–H and O–H groups in total. The molecule has 0 spiro atoms. The Morgan fingerprint density at radius 2 is 0.778 bits per heavy atom. The number of carbonyl (C=O) groups is 4. The zero-order chi connectivity index (χ0) is 58.9. The second kappa shape index (κ2) is 56.6. The SMILES string of the molecule is CC/C=C\C/C=C\C/C=C\C/C=C\CCCCCCC(=O)OC(COC(=O)CCCCCCCCCCC/C=C\C/C=C\CCCCC)COC1OC(C(=O)O)C(O)C(O)C1OC(=O)CCCCCCCCCCCCCCCCC. The van der Waals surface area contributed by atoms with Gasteiger partial charge in [0.1, 0.15) is 18.8 Å². The van der Waals surface area contributed by atoms with Gasteiger partial charge in [-0.3, -0.25) is 14.4 Å². The van der Waals surface area contributed by atoms with Gasteiger partial charge in [-0.15, -0.1) is 0 Å². The van der Waals surface area contributed by atoms with E-state index in [1.54, 1.807) is 0 Å². The average Bonchev–Trinajstić information content (AvgIpc) is 3.52. The van der Waals surface area contributed by atoms with Crippen LogP contribution < -0.4 is 0 Å². The molecular weight excluding hydrogens is 1020 g/mol. The van der Waals surface area contributed by atoms with E-state index in [0.29, 0.717) is 19.3 Å². The Balaban J connectivity index is 2.67. The quantitative estimate of drug-likeness (QED) is 0.0228. The molecule has 466 valence electrons. The molecule has 1 fully saturated rings. The fraction of sp³-hybridized carbons (Fsp3) is 0.768. The number of carbonyl (C=O) groups excluding carboxylic acids is 3. The molecule has 81 heavy (non-hydrogen) atoms. The number of unbranched alkanes of at least 4 members (excludes halogenated alkanes) is 30. The van der Waals surface area contributed by atoms with Gasteiger partial charge in [-0.25, -0.2) is 4.79 Å². The lowest BCUT2D eigenvalue weighted by Gasteiger charge is -2.40. The van der Waals surface area contributed by atoms with Crippen molar-refractivity contribution in [3.8, 4) is 0 Å². The lowest BCUT2D eigenvalue weighted by molar-refractivity contribution is -0.301. The highest BCUT2D eigenvalue weighted by Gasteiger charge is 2.50. The van der Waals surface area contributed by atoms with Crippen LogP contribution in [0.1, 0.15) is 290 Å². The van der Waals surface area contributed by atoms with Gasteiger partial charge in [0, 0.05) is 19.3 Å². The van der Waals surface area contributed by atoms with Gasteiger partial charge >= 0.3 is 23.9 Å². The lowest BCUT2D eigenvalue weighted by atomic mass is 9.98. The second-order valence-electron chi connectivity index (χ2n) is 22.4. The number of rotatable bonds is 56. The maximum Gasteiger partial charge on any atom is 0.335 e. The molecule has 1 rings (SSSR count). The third-order valence-electron chi connectivity index (χ3n) is 14.8. The third-order valence-corrected chi connectivity index (χ3v) is 14.8. The Morgan fingerprint density at radius 3 is 1.21 bits per heavy atom. The molecule has 0 aliphatic carbocycles. The number of aliphatic hydroxyl groups excluding tert-OH is 2. The number of carboxylic acids is 1. The van der Waals surface area contributed by atoms with Gasteiger partial charge in [0.2, 0.25) is 0 Å². The van der Waals surface area contributed by atoms with Crippen molar-refractivity contribution in [1.29, 1.82) is 0 Å². The highest BCUT2D eigenvalue weighted by atomic mass is 16.7. The minimum atomic E-state index is -1.91. The number of hydrogen-bond acceptors (Lipinski definition) is 11. The van der Waals surface area contributed by atoms with Crippen molar-refractivity contribution in [1.82, 2.24) is 0 Å². The summed E-state index contributed by atoms with van der Waals surface area (Å²) in [6.07, 6.45) is 60.0. The Labute approximate surface area is 493 Å². The van der Waals surface area contributed by atoms with Gasteiger partial charge in [-0.2, -0.15) is 0 Å². The molecule has 6 unspecified atom stereocenters. The van der Waals surface area contributed by atoms with Crippen LogP contribution in [0.2, 0.25) is 0 Å². The van der Waals surface area contributed by atoms with Crippen LogP contribution >= 0.6 is 0 Å². The molecule has 12 nitrogen and oxygen atoms in total. The molecule has 0 aromatic carbocycles. The molecule has 6 atom stereocenters. The summed E-state index contributed by atoms with van der Waals surface area (Å²) in [6, 6.07) is 0. The van der Waals surface area contributed by atoms with Crippen LogP contribution in [0.15, 0.2) is 72.9 Å². The second-order valence-corrected chi connectivity index (χ2v) is 22.4. The molecule has 0 aromatic heterocycles. The van der Waals surface area contributed by atoms with E-state index in [1.165, 1.54) is 122 Å². The minimum Gasteiger partial charge on any atom is -0.479 e. The first kappa shape index (κ1) is 75.2. The number of ether oxygens (including phenoxy) is 5. The molecule has 0 amide bonds. The standard InChI is InChI=1S/C69H118O12/c1-4-7-10-13-16-19-22-25-28-30-31-33-35-37-40-43-46-49-52-55-61(70)77-58-60(79-62(71)56-53-50-47-44-41-39-36-32-29-26-23-20-17-14-11-8-5-2)59-78-69-67(65(74)64(73)66(81-69)68(75)76)80-63(72)57-54-51-48-45-42-38-34-27-24-21-18-15-12-9-6-3/h8,11,16-17,19-20,25-26,28-29,36,39,60,64-67,69,73-74H,4-7,9-10,12-15,18,21-24,27,30-35,37-38,40-59H2,1-3H3,(H,75,76)/b11-8-,19-16-,20-17-,28-25-,29-26-,39-36-. The van der Waals surface area contributed by atoms with Crippen LogP contribution in [0, 0.1) is 0 Å². The Morgan fingerprint density at radius 1 is 0.420 bits per heavy atom. The topological polar surface area (TPSA) is 175 Å². The molecule has 0 radical (unpaired) electrons. The maximum atomic E-state index is 13.2. The van der Waals surface area contributed by atoms with Gasteiger partial charge in [0.25, 0.3) is 0 Å². The molecular formula is C69H118O12. The van der Waals surface area contributed by atoms with Gasteiger partial charge in [-0.05, 0) is 89.9 Å². The van der Waals surface area contributed by atoms with Crippen molar-refractivity contribution in [3.63, 3.8) is 0 Å². The first-order valence-electron chi connectivity index (χ1n) is 32.9. The van der Waals surface area contributed by atoms with Crippen LogP contribution in [-0.4, -0.2) is 89.2 Å². The summed E-state index contributed by atoms with van der Waals surface area (Å²) >= 11 is 0. The molecule has 1 heterocycles. The number of allylic oxidation sites excluding steroid dienone is 12. The third kappa shape index (κ3) is 46.3. The molecule has 0 saturated carbocycles. The Kier molecular flexibility index (Phi) is 52.6. The van der Waals surface area contributed by atoms with Crippen LogP contribution in [-0.2, 0) is 42.9 Å². The first-order valence-corrected chi connectivity index (χ1v) is 32.9. The summed E-state index contributed by atoms with van der Waals surface area (Å²) in [5, 5.41) is 31.6. The zero-order valence-electron chi connectivity index (χ0n) is 51.5. The largest absolute Gasteiger partial charge is 0.479 e. The smallest absolute Gasteiger partial charge is 0.335 e. The zero-order valence-corrected chi connectivity index (χ0v) is 51.5. The monoisotopic (exact) mass is 1140 g/mol. The highest BCUT2D eigenvalue weighted by molar-refractivity contribution is 5.74. The van der Waals surface area contributed by atoms with Crippen LogP contribution in [0.4, 0.5) is 0 Å².